The number of rotatable bonds is 5. The molecule has 1 aliphatic heterocycles. The van der Waals surface area contributed by atoms with Crippen LogP contribution in [0.5, 0.6) is 11.5 Å². The van der Waals surface area contributed by atoms with Gasteiger partial charge in [-0.1, -0.05) is 18.2 Å². The number of fused-ring (bicyclic) bond motifs is 1. The lowest BCUT2D eigenvalue weighted by Crippen LogP contribution is -2.49. The summed E-state index contributed by atoms with van der Waals surface area (Å²) in [5.74, 6) is 2.56. The summed E-state index contributed by atoms with van der Waals surface area (Å²) < 4.78 is 7.94. The third-order valence-corrected chi connectivity index (χ3v) is 7.85. The van der Waals surface area contributed by atoms with Crippen LogP contribution in [0.2, 0.25) is 0 Å². The molecule has 36 heavy (non-hydrogen) atoms. The zero-order chi connectivity index (χ0) is 24.5. The molecule has 7 nitrogen and oxygen atoms in total. The van der Waals surface area contributed by atoms with E-state index in [1.165, 1.54) is 39.0 Å². The van der Waals surface area contributed by atoms with Gasteiger partial charge in [-0.2, -0.15) is 5.10 Å². The highest BCUT2D eigenvalue weighted by Gasteiger charge is 2.31. The number of hydrogen-bond donors (Lipinski definition) is 1. The van der Waals surface area contributed by atoms with Crippen LogP contribution in [-0.4, -0.2) is 63.8 Å². The second-order valence-corrected chi connectivity index (χ2v) is 10.1. The Morgan fingerprint density at radius 3 is 2.25 bits per heavy atom. The molecule has 3 heterocycles. The maximum absolute atomic E-state index is 6.39. The average molecular weight is 483 g/mol. The average Bonchev–Trinajstić information content (AvgIpc) is 3.31. The zero-order valence-corrected chi connectivity index (χ0v) is 20.9. The van der Waals surface area contributed by atoms with Gasteiger partial charge in [0.2, 0.25) is 0 Å². The maximum atomic E-state index is 6.39. The molecule has 0 bridgehead atoms. The lowest BCUT2D eigenvalue weighted by molar-refractivity contribution is 0.0876. The first kappa shape index (κ1) is 23.0. The molecule has 2 aromatic heterocycles. The van der Waals surface area contributed by atoms with E-state index in [0.717, 1.165) is 46.6 Å². The minimum absolute atomic E-state index is 0.444. The number of ether oxygens (including phenoxy) is 1. The Kier molecular flexibility index (Phi) is 6.34. The number of benzene rings is 2. The molecule has 4 aromatic rings. The third kappa shape index (κ3) is 4.56. The van der Waals surface area contributed by atoms with Gasteiger partial charge < -0.3 is 15.4 Å². The molecule has 2 fully saturated rings. The van der Waals surface area contributed by atoms with Crippen LogP contribution in [0, 0.1) is 0 Å². The van der Waals surface area contributed by atoms with Gasteiger partial charge in [0.1, 0.15) is 22.8 Å². The smallest absolute Gasteiger partial charge is 0.150 e. The first-order valence-electron chi connectivity index (χ1n) is 13.0. The van der Waals surface area contributed by atoms with Crippen molar-refractivity contribution in [1.82, 2.24) is 24.6 Å². The molecule has 1 saturated heterocycles. The van der Waals surface area contributed by atoms with Gasteiger partial charge in [0.15, 0.2) is 0 Å². The third-order valence-electron chi connectivity index (χ3n) is 7.85. The summed E-state index contributed by atoms with van der Waals surface area (Å²) in [6, 6.07) is 20.6. The number of piperazine rings is 1. The highest BCUT2D eigenvalue weighted by Crippen LogP contribution is 2.39. The van der Waals surface area contributed by atoms with Crippen molar-refractivity contribution in [1.29, 1.82) is 0 Å². The molecule has 1 aliphatic carbocycles. The van der Waals surface area contributed by atoms with Crippen molar-refractivity contribution in [3.63, 3.8) is 0 Å². The van der Waals surface area contributed by atoms with E-state index < -0.39 is 0 Å². The highest BCUT2D eigenvalue weighted by atomic mass is 16.5. The van der Waals surface area contributed by atoms with Gasteiger partial charge in [-0.05, 0) is 75.2 Å². The lowest BCUT2D eigenvalue weighted by atomic mass is 9.82. The fourth-order valence-corrected chi connectivity index (χ4v) is 5.78. The molecule has 0 amide bonds. The van der Waals surface area contributed by atoms with E-state index in [9.17, 15) is 0 Å². The van der Waals surface area contributed by atoms with Gasteiger partial charge >= 0.3 is 0 Å². The predicted octanol–water partition coefficient (Wildman–Crippen LogP) is 5.07. The van der Waals surface area contributed by atoms with E-state index >= 15 is 0 Å². The van der Waals surface area contributed by atoms with Gasteiger partial charge in [0.25, 0.3) is 0 Å². The Morgan fingerprint density at radius 1 is 0.833 bits per heavy atom. The Bertz CT molecular complexity index is 1300. The molecule has 0 radical (unpaired) electrons. The minimum Gasteiger partial charge on any atom is -0.457 e. The molecule has 6 rings (SSSR count). The normalized spacial score (nSPS) is 21.6. The molecule has 186 valence electrons. The maximum Gasteiger partial charge on any atom is 0.150 e. The van der Waals surface area contributed by atoms with E-state index in [1.54, 1.807) is 6.20 Å². The van der Waals surface area contributed by atoms with Crippen molar-refractivity contribution >= 4 is 16.7 Å². The number of likely N-dealkylation sites (N-methyl/N-ethyl adjacent to an activating group) is 1. The molecule has 0 spiro atoms. The largest absolute Gasteiger partial charge is 0.457 e. The number of hydrogen-bond acceptors (Lipinski definition) is 6. The molecule has 2 aliphatic rings. The molecule has 2 N–H and O–H groups in total. The number of para-hydroxylation sites is 1. The summed E-state index contributed by atoms with van der Waals surface area (Å²) in [4.78, 5) is 9.52. The Balaban J connectivity index is 1.24. The van der Waals surface area contributed by atoms with Crippen molar-refractivity contribution in [2.45, 2.75) is 37.6 Å². The summed E-state index contributed by atoms with van der Waals surface area (Å²) in [6.07, 6.45) is 6.59. The molecule has 0 unspecified atom stereocenters. The van der Waals surface area contributed by atoms with Crippen molar-refractivity contribution in [3.05, 3.63) is 72.6 Å². The summed E-state index contributed by atoms with van der Waals surface area (Å²) >= 11 is 0. The van der Waals surface area contributed by atoms with Crippen LogP contribution < -0.4 is 10.5 Å². The van der Waals surface area contributed by atoms with Crippen molar-refractivity contribution in [2.24, 2.45) is 0 Å². The zero-order valence-electron chi connectivity index (χ0n) is 20.9. The van der Waals surface area contributed by atoms with E-state index in [1.807, 2.05) is 59.3 Å². The van der Waals surface area contributed by atoms with Crippen LogP contribution in [0.4, 0.5) is 5.82 Å². The first-order chi connectivity index (χ1) is 17.7. The van der Waals surface area contributed by atoms with Gasteiger partial charge in [0.05, 0.1) is 11.4 Å². The number of anilines is 1. The van der Waals surface area contributed by atoms with E-state index in [0.29, 0.717) is 17.8 Å². The van der Waals surface area contributed by atoms with Crippen LogP contribution in [0.25, 0.3) is 16.6 Å². The van der Waals surface area contributed by atoms with Crippen LogP contribution in [0.1, 0.15) is 37.3 Å². The molecule has 2 aromatic carbocycles. The van der Waals surface area contributed by atoms with Gasteiger partial charge in [-0.3, -0.25) is 4.90 Å². The van der Waals surface area contributed by atoms with Gasteiger partial charge in [0, 0.05) is 49.7 Å². The van der Waals surface area contributed by atoms with E-state index in [4.69, 9.17) is 15.6 Å². The monoisotopic (exact) mass is 482 g/mol. The lowest BCUT2D eigenvalue weighted by Gasteiger charge is -2.41. The molecular formula is C29H34N6O. The van der Waals surface area contributed by atoms with Gasteiger partial charge in [-0.15, -0.1) is 0 Å². The number of aromatic nitrogens is 3. The second-order valence-electron chi connectivity index (χ2n) is 10.1. The first-order valence-corrected chi connectivity index (χ1v) is 13.0. The number of nitrogens with two attached hydrogens (primary N) is 1. The fourth-order valence-electron chi connectivity index (χ4n) is 5.78. The summed E-state index contributed by atoms with van der Waals surface area (Å²) in [5, 5.41) is 6.26. The summed E-state index contributed by atoms with van der Waals surface area (Å²) in [5.41, 5.74) is 9.40. The van der Waals surface area contributed by atoms with Crippen molar-refractivity contribution in [2.75, 3.05) is 39.0 Å². The van der Waals surface area contributed by atoms with E-state index in [2.05, 4.69) is 27.9 Å². The fraction of sp³-hybridized carbons (Fsp3) is 0.379. The molecule has 0 atom stereocenters. The molecule has 1 saturated carbocycles. The molecule has 7 heteroatoms. The Labute approximate surface area is 212 Å². The van der Waals surface area contributed by atoms with Crippen LogP contribution in [0.3, 0.4) is 0 Å². The Hall–Kier alpha value is -3.42. The SMILES string of the molecule is CN1CCN([C@H]2CC[C@@H](c3nn(-c4ccc(Oc5ccccc5)cc4)c4c(N)nccc43)CC2)CC1. The summed E-state index contributed by atoms with van der Waals surface area (Å²) in [7, 11) is 2.22. The standard InChI is InChI=1S/C29H34N6O/c1-33-17-19-34(20-18-33)22-9-7-21(8-10-22)27-26-15-16-31-29(30)28(26)35(32-27)23-11-13-25(14-12-23)36-24-5-3-2-4-6-24/h2-6,11-16,21-22H,7-10,17-20H2,1H3,(H2,30,31)/t21-,22+. The summed E-state index contributed by atoms with van der Waals surface area (Å²) in [6.45, 7) is 4.73. The molecular weight excluding hydrogens is 448 g/mol. The van der Waals surface area contributed by atoms with Crippen molar-refractivity contribution in [3.8, 4) is 17.2 Å². The predicted molar refractivity (Wildman–Crippen MR) is 144 cm³/mol. The Morgan fingerprint density at radius 2 is 1.53 bits per heavy atom. The topological polar surface area (TPSA) is 72.4 Å². The van der Waals surface area contributed by atoms with Crippen LogP contribution >= 0.6 is 0 Å². The quantitative estimate of drug-likeness (QED) is 0.428. The second kappa shape index (κ2) is 9.91. The minimum atomic E-state index is 0.444. The van der Waals surface area contributed by atoms with Crippen LogP contribution in [0.15, 0.2) is 66.9 Å². The van der Waals surface area contributed by atoms with E-state index in [-0.39, 0.29) is 0 Å². The number of nitrogens with zero attached hydrogens (tertiary/aromatic N) is 5. The van der Waals surface area contributed by atoms with Crippen LogP contribution in [-0.2, 0) is 0 Å². The number of nitrogen functional groups attached to an aromatic ring is 1. The van der Waals surface area contributed by atoms with Crippen molar-refractivity contribution < 1.29 is 4.74 Å². The number of pyridine rings is 1. The van der Waals surface area contributed by atoms with Gasteiger partial charge in [-0.25, -0.2) is 9.67 Å². The highest BCUT2D eigenvalue weighted by molar-refractivity contribution is 5.91.